The molecule has 0 bridgehead atoms. The van der Waals surface area contributed by atoms with Crippen LogP contribution < -0.4 is 4.74 Å². The lowest BCUT2D eigenvalue weighted by atomic mass is 10.2. The lowest BCUT2D eigenvalue weighted by Crippen LogP contribution is -2.29. The first-order valence-corrected chi connectivity index (χ1v) is 4.81. The number of aliphatic hydroxyl groups excluding tert-OH is 1. The number of benzene rings is 1. The monoisotopic (exact) mass is 214 g/mol. The van der Waals surface area contributed by atoms with Crippen molar-refractivity contribution in [2.45, 2.75) is 12.2 Å². The number of hydrogen-bond acceptors (Lipinski definition) is 3. The van der Waals surface area contributed by atoms with Crippen LogP contribution in [0.1, 0.15) is 0 Å². The summed E-state index contributed by atoms with van der Waals surface area (Å²) in [5, 5.41) is 10.1. The average molecular weight is 215 g/mol. The van der Waals surface area contributed by atoms with Gasteiger partial charge in [0, 0.05) is 5.02 Å². The summed E-state index contributed by atoms with van der Waals surface area (Å²) in [7, 11) is 0. The van der Waals surface area contributed by atoms with Gasteiger partial charge in [0.1, 0.15) is 18.0 Å². The Bertz CT molecular complexity index is 316. The summed E-state index contributed by atoms with van der Waals surface area (Å²) in [5.74, 6) is 0.659. The van der Waals surface area contributed by atoms with Gasteiger partial charge in [-0.05, 0) is 18.2 Å². The van der Waals surface area contributed by atoms with Crippen LogP contribution in [-0.4, -0.2) is 30.5 Å². The van der Waals surface area contributed by atoms with Crippen LogP contribution in [-0.2, 0) is 4.74 Å². The Morgan fingerprint density at radius 1 is 1.43 bits per heavy atom. The third-order valence-electron chi connectivity index (χ3n) is 2.08. The molecule has 1 aliphatic heterocycles. The van der Waals surface area contributed by atoms with Gasteiger partial charge >= 0.3 is 0 Å². The third-order valence-corrected chi connectivity index (χ3v) is 2.32. The number of ether oxygens (including phenoxy) is 2. The largest absolute Gasteiger partial charge is 0.485 e. The molecule has 1 N–H and O–H groups in total. The molecule has 1 aromatic carbocycles. The van der Waals surface area contributed by atoms with Crippen molar-refractivity contribution in [1.29, 1.82) is 0 Å². The number of rotatable bonds is 2. The second kappa shape index (κ2) is 4.17. The zero-order valence-electron chi connectivity index (χ0n) is 7.52. The predicted molar refractivity (Wildman–Crippen MR) is 52.7 cm³/mol. The van der Waals surface area contributed by atoms with Crippen LogP contribution in [0.4, 0.5) is 0 Å². The maximum absolute atomic E-state index is 9.44. The molecule has 0 saturated carbocycles. The highest BCUT2D eigenvalue weighted by Crippen LogP contribution is 2.20. The third kappa shape index (κ3) is 2.18. The molecular formula is C10H11ClO3. The molecular weight excluding hydrogens is 204 g/mol. The fourth-order valence-electron chi connectivity index (χ4n) is 1.35. The van der Waals surface area contributed by atoms with E-state index in [1.807, 2.05) is 0 Å². The lowest BCUT2D eigenvalue weighted by molar-refractivity contribution is 0.0733. The molecule has 4 heteroatoms. The minimum absolute atomic E-state index is 0.284. The molecule has 0 amide bonds. The highest BCUT2D eigenvalue weighted by Gasteiger charge is 2.27. The Hall–Kier alpha value is -0.770. The molecule has 1 aromatic rings. The molecule has 0 spiro atoms. The quantitative estimate of drug-likeness (QED) is 0.811. The topological polar surface area (TPSA) is 38.7 Å². The van der Waals surface area contributed by atoms with Crippen LogP contribution in [0.5, 0.6) is 5.75 Å². The van der Waals surface area contributed by atoms with Gasteiger partial charge in [0.2, 0.25) is 0 Å². The number of halogens is 1. The summed E-state index contributed by atoms with van der Waals surface area (Å²) in [4.78, 5) is 0. The van der Waals surface area contributed by atoms with Crippen molar-refractivity contribution in [1.82, 2.24) is 0 Å². The molecule has 1 heterocycles. The molecule has 0 unspecified atom stereocenters. The Labute approximate surface area is 87.2 Å². The van der Waals surface area contributed by atoms with E-state index in [2.05, 4.69) is 0 Å². The van der Waals surface area contributed by atoms with Crippen molar-refractivity contribution >= 4 is 11.6 Å². The van der Waals surface area contributed by atoms with E-state index in [0.717, 1.165) is 0 Å². The van der Waals surface area contributed by atoms with Gasteiger partial charge in [-0.15, -0.1) is 0 Å². The normalized spacial score (nSPS) is 26.4. The second-order valence-corrected chi connectivity index (χ2v) is 3.65. The SMILES string of the molecule is O[C@@H]1COC[C@H]1Oc1cccc(Cl)c1. The molecule has 0 aromatic heterocycles. The molecule has 1 fully saturated rings. The zero-order valence-corrected chi connectivity index (χ0v) is 8.28. The van der Waals surface area contributed by atoms with E-state index in [1.165, 1.54) is 0 Å². The van der Waals surface area contributed by atoms with Crippen LogP contribution in [0, 0.1) is 0 Å². The van der Waals surface area contributed by atoms with E-state index in [1.54, 1.807) is 24.3 Å². The summed E-state index contributed by atoms with van der Waals surface area (Å²) < 4.78 is 10.6. The van der Waals surface area contributed by atoms with Crippen LogP contribution in [0.25, 0.3) is 0 Å². The molecule has 0 aliphatic carbocycles. The smallest absolute Gasteiger partial charge is 0.150 e. The molecule has 2 atom stereocenters. The molecule has 3 nitrogen and oxygen atoms in total. The Balaban J connectivity index is 2.03. The number of aliphatic hydroxyl groups is 1. The Morgan fingerprint density at radius 3 is 2.93 bits per heavy atom. The van der Waals surface area contributed by atoms with Crippen LogP contribution in [0.3, 0.4) is 0 Å². The molecule has 2 rings (SSSR count). The second-order valence-electron chi connectivity index (χ2n) is 3.22. The maximum Gasteiger partial charge on any atom is 0.150 e. The van der Waals surface area contributed by atoms with Crippen molar-refractivity contribution < 1.29 is 14.6 Å². The van der Waals surface area contributed by atoms with Gasteiger partial charge in [0.05, 0.1) is 13.2 Å². The molecule has 14 heavy (non-hydrogen) atoms. The summed E-state index contributed by atoms with van der Waals surface area (Å²) in [6.45, 7) is 0.763. The summed E-state index contributed by atoms with van der Waals surface area (Å²) in [5.41, 5.74) is 0. The molecule has 1 aliphatic rings. The van der Waals surface area contributed by atoms with Gasteiger partial charge < -0.3 is 14.6 Å². The summed E-state index contributed by atoms with van der Waals surface area (Å²) in [6.07, 6.45) is -0.831. The summed E-state index contributed by atoms with van der Waals surface area (Å²) >= 11 is 5.79. The van der Waals surface area contributed by atoms with Crippen molar-refractivity contribution in [3.8, 4) is 5.75 Å². The lowest BCUT2D eigenvalue weighted by Gasteiger charge is -2.15. The fraction of sp³-hybridized carbons (Fsp3) is 0.400. The van der Waals surface area contributed by atoms with Gasteiger partial charge in [-0.25, -0.2) is 0 Å². The van der Waals surface area contributed by atoms with Crippen LogP contribution in [0.15, 0.2) is 24.3 Å². The molecule has 76 valence electrons. The number of hydrogen-bond donors (Lipinski definition) is 1. The van der Waals surface area contributed by atoms with Gasteiger partial charge in [0.15, 0.2) is 0 Å². The van der Waals surface area contributed by atoms with E-state index in [4.69, 9.17) is 21.1 Å². The van der Waals surface area contributed by atoms with Gasteiger partial charge in [-0.1, -0.05) is 17.7 Å². The average Bonchev–Trinajstić information content (AvgIpc) is 2.52. The first-order valence-electron chi connectivity index (χ1n) is 4.44. The van der Waals surface area contributed by atoms with Crippen molar-refractivity contribution in [2.75, 3.05) is 13.2 Å². The van der Waals surface area contributed by atoms with E-state index >= 15 is 0 Å². The van der Waals surface area contributed by atoms with Crippen LogP contribution in [0.2, 0.25) is 5.02 Å². The molecule has 1 saturated heterocycles. The summed E-state index contributed by atoms with van der Waals surface area (Å²) in [6, 6.07) is 7.10. The van der Waals surface area contributed by atoms with E-state index in [-0.39, 0.29) is 6.10 Å². The van der Waals surface area contributed by atoms with E-state index < -0.39 is 6.10 Å². The first-order chi connectivity index (χ1) is 6.75. The van der Waals surface area contributed by atoms with Gasteiger partial charge in [-0.3, -0.25) is 0 Å². The highest BCUT2D eigenvalue weighted by atomic mass is 35.5. The predicted octanol–water partition coefficient (Wildman–Crippen LogP) is 1.48. The minimum atomic E-state index is -0.547. The van der Waals surface area contributed by atoms with Gasteiger partial charge in [0.25, 0.3) is 0 Å². The fourth-order valence-corrected chi connectivity index (χ4v) is 1.53. The maximum atomic E-state index is 9.44. The van der Waals surface area contributed by atoms with E-state index in [9.17, 15) is 5.11 Å². The first kappa shape index (κ1) is 9.77. The zero-order chi connectivity index (χ0) is 9.97. The Kier molecular flexibility index (Phi) is 2.91. The van der Waals surface area contributed by atoms with Crippen molar-refractivity contribution in [2.24, 2.45) is 0 Å². The van der Waals surface area contributed by atoms with E-state index in [0.29, 0.717) is 24.0 Å². The van der Waals surface area contributed by atoms with Crippen molar-refractivity contribution in [3.63, 3.8) is 0 Å². The van der Waals surface area contributed by atoms with Crippen molar-refractivity contribution in [3.05, 3.63) is 29.3 Å². The Morgan fingerprint density at radius 2 is 2.29 bits per heavy atom. The minimum Gasteiger partial charge on any atom is -0.485 e. The van der Waals surface area contributed by atoms with Gasteiger partial charge in [-0.2, -0.15) is 0 Å². The van der Waals surface area contributed by atoms with Crippen LogP contribution >= 0.6 is 11.6 Å². The highest BCUT2D eigenvalue weighted by molar-refractivity contribution is 6.30. The standard InChI is InChI=1S/C10H11ClO3/c11-7-2-1-3-8(4-7)14-10-6-13-5-9(10)12/h1-4,9-10,12H,5-6H2/t9-,10-/m1/s1. The molecule has 0 radical (unpaired) electrons.